The summed E-state index contributed by atoms with van der Waals surface area (Å²) in [5.74, 6) is -1.05. The van der Waals surface area contributed by atoms with Crippen LogP contribution >= 0.6 is 0 Å². The van der Waals surface area contributed by atoms with Gasteiger partial charge in [-0.15, -0.1) is 10.2 Å². The minimum absolute atomic E-state index is 0.0208. The molecule has 3 aromatic rings. The number of ether oxygens (including phenoxy) is 1. The highest BCUT2D eigenvalue weighted by molar-refractivity contribution is 5.51. The minimum Gasteiger partial charge on any atom is -0.435 e. The Morgan fingerprint density at radius 3 is 2.58 bits per heavy atom. The van der Waals surface area contributed by atoms with E-state index in [0.29, 0.717) is 5.56 Å². The first-order chi connectivity index (χ1) is 12.4. The molecule has 0 aliphatic carbocycles. The summed E-state index contributed by atoms with van der Waals surface area (Å²) >= 11 is 0. The molecule has 0 saturated carbocycles. The Bertz CT molecular complexity index is 956. The van der Waals surface area contributed by atoms with Crippen molar-refractivity contribution in [3.63, 3.8) is 0 Å². The first-order valence-electron chi connectivity index (χ1n) is 7.28. The first-order valence-corrected chi connectivity index (χ1v) is 7.28. The number of rotatable bonds is 6. The van der Waals surface area contributed by atoms with Gasteiger partial charge in [-0.1, -0.05) is 12.1 Å². The summed E-state index contributed by atoms with van der Waals surface area (Å²) in [4.78, 5) is 12.2. The van der Waals surface area contributed by atoms with E-state index in [9.17, 15) is 22.4 Å². The molecular formula is C16H11F4N3O3. The van der Waals surface area contributed by atoms with Crippen molar-refractivity contribution < 1.29 is 26.7 Å². The largest absolute Gasteiger partial charge is 0.435 e. The number of nitrogens with zero attached hydrogens (tertiary/aromatic N) is 3. The van der Waals surface area contributed by atoms with Crippen LogP contribution in [0.15, 0.2) is 51.8 Å². The highest BCUT2D eigenvalue weighted by atomic mass is 19.3. The number of hydrogen-bond donors (Lipinski definition) is 0. The molecule has 6 nitrogen and oxygen atoms in total. The van der Waals surface area contributed by atoms with E-state index in [4.69, 9.17) is 4.42 Å². The molecule has 136 valence electrons. The average molecular weight is 369 g/mol. The molecule has 0 unspecified atom stereocenters. The second-order valence-corrected chi connectivity index (χ2v) is 5.15. The zero-order chi connectivity index (χ0) is 18.7. The van der Waals surface area contributed by atoms with E-state index >= 15 is 0 Å². The average Bonchev–Trinajstić information content (AvgIpc) is 3.07. The lowest BCUT2D eigenvalue weighted by atomic mass is 10.2. The summed E-state index contributed by atoms with van der Waals surface area (Å²) in [6, 6.07) is 8.53. The second kappa shape index (κ2) is 7.38. The van der Waals surface area contributed by atoms with Gasteiger partial charge in [0.1, 0.15) is 5.75 Å². The van der Waals surface area contributed by atoms with E-state index in [0.717, 1.165) is 6.07 Å². The predicted octanol–water partition coefficient (Wildman–Crippen LogP) is 3.49. The fourth-order valence-electron chi connectivity index (χ4n) is 2.23. The Morgan fingerprint density at radius 1 is 1.12 bits per heavy atom. The molecule has 26 heavy (non-hydrogen) atoms. The quantitative estimate of drug-likeness (QED) is 0.622. The maximum Gasteiger partial charge on any atom is 0.387 e. The van der Waals surface area contributed by atoms with Crippen LogP contribution in [0.5, 0.6) is 5.75 Å². The Kier molecular flexibility index (Phi) is 5.01. The minimum atomic E-state index is -2.94. The third kappa shape index (κ3) is 4.08. The Balaban J connectivity index is 1.81. The van der Waals surface area contributed by atoms with Crippen LogP contribution in [0.25, 0.3) is 11.5 Å². The molecule has 0 radical (unpaired) electrons. The molecule has 0 aliphatic heterocycles. The van der Waals surface area contributed by atoms with Crippen LogP contribution in [-0.4, -0.2) is 21.4 Å². The molecule has 0 bridgehead atoms. The fourth-order valence-corrected chi connectivity index (χ4v) is 2.23. The van der Waals surface area contributed by atoms with Crippen LogP contribution < -0.4 is 10.3 Å². The van der Waals surface area contributed by atoms with Gasteiger partial charge < -0.3 is 13.7 Å². The monoisotopic (exact) mass is 369 g/mol. The number of benzene rings is 1. The van der Waals surface area contributed by atoms with Crippen molar-refractivity contribution in [1.29, 1.82) is 0 Å². The maximum atomic E-state index is 12.5. The van der Waals surface area contributed by atoms with Gasteiger partial charge in [0.25, 0.3) is 11.4 Å². The van der Waals surface area contributed by atoms with Gasteiger partial charge in [-0.3, -0.25) is 4.79 Å². The van der Waals surface area contributed by atoms with Crippen LogP contribution in [0.1, 0.15) is 17.9 Å². The van der Waals surface area contributed by atoms with Crippen molar-refractivity contribution in [2.24, 2.45) is 0 Å². The van der Waals surface area contributed by atoms with E-state index < -0.39 is 24.5 Å². The lowest BCUT2D eigenvalue weighted by molar-refractivity contribution is -0.0498. The first kappa shape index (κ1) is 17.6. The molecule has 0 saturated heterocycles. The molecule has 0 atom stereocenters. The van der Waals surface area contributed by atoms with Gasteiger partial charge in [-0.2, -0.15) is 17.6 Å². The molecule has 2 heterocycles. The van der Waals surface area contributed by atoms with Crippen LogP contribution in [0.4, 0.5) is 17.6 Å². The normalized spacial score (nSPS) is 11.3. The summed E-state index contributed by atoms with van der Waals surface area (Å²) in [5.41, 5.74) is 0.302. The van der Waals surface area contributed by atoms with E-state index in [1.807, 2.05) is 0 Å². The van der Waals surface area contributed by atoms with Crippen molar-refractivity contribution in [1.82, 2.24) is 14.8 Å². The van der Waals surface area contributed by atoms with Gasteiger partial charge >= 0.3 is 13.0 Å². The van der Waals surface area contributed by atoms with Crippen molar-refractivity contribution >= 4 is 0 Å². The van der Waals surface area contributed by atoms with E-state index in [-0.39, 0.29) is 23.7 Å². The summed E-state index contributed by atoms with van der Waals surface area (Å²) < 4.78 is 59.9. The standard InChI is InChI=1S/C16H11F4N3O3/c17-13(18)15-22-21-14(26-15)10-4-5-23(12(24)7-10)8-9-2-1-3-11(6-9)25-16(19)20/h1-7,13,16H,8H2. The molecule has 0 fully saturated rings. The highest BCUT2D eigenvalue weighted by Crippen LogP contribution is 2.22. The SMILES string of the molecule is O=c1cc(-c2nnc(C(F)F)o2)ccn1Cc1cccc(OC(F)F)c1. The van der Waals surface area contributed by atoms with Gasteiger partial charge in [-0.25, -0.2) is 0 Å². The molecule has 10 heteroatoms. The third-order valence-corrected chi connectivity index (χ3v) is 3.35. The number of alkyl halides is 4. The fraction of sp³-hybridized carbons (Fsp3) is 0.188. The zero-order valence-corrected chi connectivity index (χ0v) is 13.0. The molecule has 0 aliphatic rings. The van der Waals surface area contributed by atoms with Crippen molar-refractivity contribution in [2.45, 2.75) is 19.6 Å². The summed E-state index contributed by atoms with van der Waals surface area (Å²) in [7, 11) is 0. The lowest BCUT2D eigenvalue weighted by Crippen LogP contribution is -2.19. The number of pyridine rings is 1. The second-order valence-electron chi connectivity index (χ2n) is 5.15. The van der Waals surface area contributed by atoms with Gasteiger partial charge in [0, 0.05) is 17.8 Å². The van der Waals surface area contributed by atoms with Crippen molar-refractivity contribution in [3.05, 3.63) is 64.4 Å². The lowest BCUT2D eigenvalue weighted by Gasteiger charge is -2.09. The number of aromatic nitrogens is 3. The van der Waals surface area contributed by atoms with Gasteiger partial charge in [-0.05, 0) is 23.8 Å². The molecule has 0 N–H and O–H groups in total. The van der Waals surface area contributed by atoms with Crippen LogP contribution in [0.2, 0.25) is 0 Å². The number of hydrogen-bond acceptors (Lipinski definition) is 5. The van der Waals surface area contributed by atoms with Crippen LogP contribution in [-0.2, 0) is 6.54 Å². The molecular weight excluding hydrogens is 358 g/mol. The highest BCUT2D eigenvalue weighted by Gasteiger charge is 2.17. The summed E-state index contributed by atoms with van der Waals surface area (Å²) in [5, 5.41) is 6.66. The summed E-state index contributed by atoms with van der Waals surface area (Å²) in [6.45, 7) is -2.84. The van der Waals surface area contributed by atoms with Gasteiger partial charge in [0.05, 0.1) is 6.54 Å². The topological polar surface area (TPSA) is 70.2 Å². The van der Waals surface area contributed by atoms with Crippen molar-refractivity contribution in [3.8, 4) is 17.2 Å². The zero-order valence-electron chi connectivity index (χ0n) is 13.0. The smallest absolute Gasteiger partial charge is 0.387 e. The van der Waals surface area contributed by atoms with Crippen molar-refractivity contribution in [2.75, 3.05) is 0 Å². The number of halogens is 4. The summed E-state index contributed by atoms with van der Waals surface area (Å²) in [6.07, 6.45) is -1.50. The predicted molar refractivity (Wildman–Crippen MR) is 81.1 cm³/mol. The molecule has 1 aromatic carbocycles. The van der Waals surface area contributed by atoms with E-state index in [1.165, 1.54) is 35.0 Å². The van der Waals surface area contributed by atoms with E-state index in [1.54, 1.807) is 6.07 Å². The van der Waals surface area contributed by atoms with Crippen LogP contribution in [0, 0.1) is 0 Å². The maximum absolute atomic E-state index is 12.5. The van der Waals surface area contributed by atoms with Crippen LogP contribution in [0.3, 0.4) is 0 Å². The molecule has 3 rings (SSSR count). The molecule has 0 amide bonds. The Labute approximate surface area is 143 Å². The van der Waals surface area contributed by atoms with Gasteiger partial charge in [0.2, 0.25) is 5.89 Å². The Hall–Kier alpha value is -3.17. The molecule has 2 aromatic heterocycles. The third-order valence-electron chi connectivity index (χ3n) is 3.35. The Morgan fingerprint density at radius 2 is 1.92 bits per heavy atom. The molecule has 0 spiro atoms. The van der Waals surface area contributed by atoms with Gasteiger partial charge in [0.15, 0.2) is 0 Å². The van der Waals surface area contributed by atoms with E-state index in [2.05, 4.69) is 14.9 Å².